The fraction of sp³-hybridized carbons (Fsp3) is 0.125. The first kappa shape index (κ1) is 18.3. The normalized spacial score (nSPS) is 11.0. The lowest BCUT2D eigenvalue weighted by Crippen LogP contribution is -2.29. The Morgan fingerprint density at radius 3 is 2.36 bits per heavy atom. The van der Waals surface area contributed by atoms with Gasteiger partial charge in [-0.05, 0) is 30.3 Å². The number of benzene rings is 2. The van der Waals surface area contributed by atoms with Crippen LogP contribution in [0.4, 0.5) is 5.69 Å². The maximum Gasteiger partial charge on any atom is 0.335 e. The number of rotatable bonds is 6. The van der Waals surface area contributed by atoms with Gasteiger partial charge < -0.3 is 15.6 Å². The van der Waals surface area contributed by atoms with E-state index in [1.807, 2.05) is 0 Å². The summed E-state index contributed by atoms with van der Waals surface area (Å²) in [7, 11) is -1.70. The number of carboxylic acids is 1. The summed E-state index contributed by atoms with van der Waals surface area (Å²) in [5.41, 5.74) is 5.16. The smallest absolute Gasteiger partial charge is 0.335 e. The Labute approximate surface area is 144 Å². The van der Waals surface area contributed by atoms with Gasteiger partial charge in [0.1, 0.15) is 10.6 Å². The fourth-order valence-electron chi connectivity index (χ4n) is 2.24. The lowest BCUT2D eigenvalue weighted by molar-refractivity contribution is 0.0696. The fourth-order valence-corrected chi connectivity index (χ4v) is 3.64. The van der Waals surface area contributed by atoms with Crippen LogP contribution in [0.5, 0.6) is 5.75 Å². The summed E-state index contributed by atoms with van der Waals surface area (Å²) in [6.07, 6.45) is 0. The van der Waals surface area contributed by atoms with Gasteiger partial charge in [-0.3, -0.25) is 9.10 Å². The number of carbonyl (C=O) groups excluding carboxylic acids is 1. The molecule has 2 aromatic rings. The van der Waals surface area contributed by atoms with Gasteiger partial charge in [0, 0.05) is 7.05 Å². The van der Waals surface area contributed by atoms with Crippen molar-refractivity contribution in [2.75, 3.05) is 18.5 Å². The van der Waals surface area contributed by atoms with Crippen molar-refractivity contribution in [1.82, 2.24) is 0 Å². The van der Waals surface area contributed by atoms with Crippen LogP contribution in [0.3, 0.4) is 0 Å². The number of hydrogen-bond acceptors (Lipinski definition) is 5. The average Bonchev–Trinajstić information content (AvgIpc) is 2.60. The first-order valence-electron chi connectivity index (χ1n) is 6.99. The molecule has 0 saturated heterocycles. The van der Waals surface area contributed by atoms with E-state index < -0.39 is 21.9 Å². The molecule has 9 heteroatoms. The molecule has 0 spiro atoms. The molecule has 0 bridgehead atoms. The van der Waals surface area contributed by atoms with E-state index in [9.17, 15) is 18.0 Å². The highest BCUT2D eigenvalue weighted by Gasteiger charge is 2.28. The summed E-state index contributed by atoms with van der Waals surface area (Å²) >= 11 is 0. The van der Waals surface area contributed by atoms with Gasteiger partial charge in [0.05, 0.1) is 23.9 Å². The number of anilines is 1. The molecule has 0 fully saturated rings. The van der Waals surface area contributed by atoms with Crippen LogP contribution >= 0.6 is 0 Å². The number of nitrogens with zero attached hydrogens (tertiary/aromatic N) is 1. The van der Waals surface area contributed by atoms with Crippen LogP contribution in [0, 0.1) is 0 Å². The lowest BCUT2D eigenvalue weighted by atomic mass is 10.2. The Hall–Kier alpha value is -3.07. The number of primary amides is 1. The van der Waals surface area contributed by atoms with Crippen LogP contribution in [0.15, 0.2) is 47.4 Å². The van der Waals surface area contributed by atoms with Crippen molar-refractivity contribution in [2.45, 2.75) is 4.90 Å². The number of hydrogen-bond donors (Lipinski definition) is 2. The molecule has 1 amide bonds. The van der Waals surface area contributed by atoms with E-state index in [0.717, 1.165) is 10.4 Å². The molecule has 0 aliphatic rings. The second-order valence-electron chi connectivity index (χ2n) is 5.02. The van der Waals surface area contributed by atoms with Gasteiger partial charge in [-0.25, -0.2) is 13.2 Å². The molecule has 0 radical (unpaired) electrons. The third-order valence-electron chi connectivity index (χ3n) is 3.56. The summed E-state index contributed by atoms with van der Waals surface area (Å²) in [5.74, 6) is -2.09. The molecule has 0 unspecified atom stereocenters. The molecule has 8 nitrogen and oxygen atoms in total. The standard InChI is InChI=1S/C16H16N2O6S/c1-18(12-6-4-3-5-11(12)15(17)19)25(22,23)14-9-10(16(20)21)7-8-13(14)24-2/h3-9H,1-2H3,(H2,17,19)(H,20,21). The lowest BCUT2D eigenvalue weighted by Gasteiger charge is -2.22. The first-order valence-corrected chi connectivity index (χ1v) is 8.43. The monoisotopic (exact) mass is 364 g/mol. The van der Waals surface area contributed by atoms with Gasteiger partial charge in [-0.15, -0.1) is 0 Å². The van der Waals surface area contributed by atoms with Gasteiger partial charge in [-0.2, -0.15) is 0 Å². The molecule has 0 aliphatic heterocycles. The van der Waals surface area contributed by atoms with Gasteiger partial charge in [0.2, 0.25) is 0 Å². The highest BCUT2D eigenvalue weighted by Crippen LogP contribution is 2.31. The Balaban J connectivity index is 2.65. The van der Waals surface area contributed by atoms with E-state index in [2.05, 4.69) is 0 Å². The van der Waals surface area contributed by atoms with E-state index in [4.69, 9.17) is 15.6 Å². The number of amides is 1. The maximum absolute atomic E-state index is 13.0. The Bertz CT molecular complexity index is 939. The molecule has 3 N–H and O–H groups in total. The van der Waals surface area contributed by atoms with Gasteiger partial charge in [0.15, 0.2) is 0 Å². The number of methoxy groups -OCH3 is 1. The van der Waals surface area contributed by atoms with Crippen LogP contribution in [0.2, 0.25) is 0 Å². The molecule has 0 heterocycles. The first-order chi connectivity index (χ1) is 11.7. The molecule has 0 aromatic heterocycles. The van der Waals surface area contributed by atoms with Crippen molar-refractivity contribution in [3.8, 4) is 5.75 Å². The van der Waals surface area contributed by atoms with Crippen molar-refractivity contribution in [1.29, 1.82) is 0 Å². The second-order valence-corrected chi connectivity index (χ2v) is 6.96. The predicted molar refractivity (Wildman–Crippen MR) is 90.5 cm³/mol. The van der Waals surface area contributed by atoms with Gasteiger partial charge in [0.25, 0.3) is 15.9 Å². The molecule has 2 rings (SSSR count). The maximum atomic E-state index is 13.0. The highest BCUT2D eigenvalue weighted by molar-refractivity contribution is 7.93. The van der Waals surface area contributed by atoms with Gasteiger partial charge >= 0.3 is 5.97 Å². The highest BCUT2D eigenvalue weighted by atomic mass is 32.2. The Kier molecular flexibility index (Phi) is 4.98. The van der Waals surface area contributed by atoms with Crippen LogP contribution < -0.4 is 14.8 Å². The SMILES string of the molecule is COc1ccc(C(=O)O)cc1S(=O)(=O)N(C)c1ccccc1C(N)=O. The van der Waals surface area contributed by atoms with E-state index in [0.29, 0.717) is 0 Å². The topological polar surface area (TPSA) is 127 Å². The second kappa shape index (κ2) is 6.81. The number of carbonyl (C=O) groups is 2. The van der Waals surface area contributed by atoms with Crippen molar-refractivity contribution < 1.29 is 27.9 Å². The zero-order valence-corrected chi connectivity index (χ0v) is 14.3. The van der Waals surface area contributed by atoms with Crippen molar-refractivity contribution in [3.05, 3.63) is 53.6 Å². The zero-order valence-electron chi connectivity index (χ0n) is 13.5. The number of sulfonamides is 1. The van der Waals surface area contributed by atoms with Crippen LogP contribution in [0.25, 0.3) is 0 Å². The van der Waals surface area contributed by atoms with Crippen molar-refractivity contribution in [2.24, 2.45) is 5.73 Å². The van der Waals surface area contributed by atoms with Crippen molar-refractivity contribution in [3.63, 3.8) is 0 Å². The summed E-state index contributed by atoms with van der Waals surface area (Å²) in [4.78, 5) is 22.4. The minimum atomic E-state index is -4.21. The Morgan fingerprint density at radius 2 is 1.80 bits per heavy atom. The van der Waals surface area contributed by atoms with E-state index >= 15 is 0 Å². The summed E-state index contributed by atoms with van der Waals surface area (Å²) in [5, 5.41) is 9.10. The molecule has 0 saturated carbocycles. The Morgan fingerprint density at radius 1 is 1.16 bits per heavy atom. The zero-order chi connectivity index (χ0) is 18.8. The van der Waals surface area contributed by atoms with E-state index in [-0.39, 0.29) is 27.5 Å². The largest absolute Gasteiger partial charge is 0.495 e. The molecule has 0 atom stereocenters. The minimum Gasteiger partial charge on any atom is -0.495 e. The van der Waals surface area contributed by atoms with Crippen LogP contribution in [0.1, 0.15) is 20.7 Å². The van der Waals surface area contributed by atoms with E-state index in [1.165, 1.54) is 38.4 Å². The summed E-state index contributed by atoms with van der Waals surface area (Å²) in [6.45, 7) is 0. The molecule has 132 valence electrons. The number of aromatic carboxylic acids is 1. The molecular weight excluding hydrogens is 348 g/mol. The molecule has 2 aromatic carbocycles. The predicted octanol–water partition coefficient (Wildman–Crippen LogP) is 1.32. The number of nitrogens with two attached hydrogens (primary N) is 1. The molecule has 0 aliphatic carbocycles. The minimum absolute atomic E-state index is 0.0157. The van der Waals surface area contributed by atoms with Crippen LogP contribution in [-0.2, 0) is 10.0 Å². The van der Waals surface area contributed by atoms with Crippen molar-refractivity contribution >= 4 is 27.6 Å². The summed E-state index contributed by atoms with van der Waals surface area (Å²) in [6, 6.07) is 9.41. The van der Waals surface area contributed by atoms with E-state index in [1.54, 1.807) is 12.1 Å². The van der Waals surface area contributed by atoms with Gasteiger partial charge in [-0.1, -0.05) is 12.1 Å². The average molecular weight is 364 g/mol. The number of carboxylic acid groups (broad SMARTS) is 1. The number of para-hydroxylation sites is 1. The summed E-state index contributed by atoms with van der Waals surface area (Å²) < 4.78 is 31.8. The molecular formula is C16H16N2O6S. The molecule has 25 heavy (non-hydrogen) atoms. The third-order valence-corrected chi connectivity index (χ3v) is 5.35. The third kappa shape index (κ3) is 3.41. The van der Waals surface area contributed by atoms with Crippen LogP contribution in [-0.4, -0.2) is 39.6 Å². The quantitative estimate of drug-likeness (QED) is 0.796. The number of ether oxygens (including phenoxy) is 1.